The number of rotatable bonds is 5. The topological polar surface area (TPSA) is 59.1 Å². The molecule has 2 aromatic rings. The lowest BCUT2D eigenvalue weighted by Crippen LogP contribution is -2.12. The highest BCUT2D eigenvalue weighted by molar-refractivity contribution is 9.10. The molecule has 0 spiro atoms. The first-order valence-corrected chi connectivity index (χ1v) is 7.77. The molecule has 0 heterocycles. The third kappa shape index (κ3) is 3.77. The largest absolute Gasteiger partial charge is 0.496 e. The van der Waals surface area contributed by atoms with Gasteiger partial charge >= 0.3 is 0 Å². The molecule has 0 aliphatic heterocycles. The van der Waals surface area contributed by atoms with Crippen LogP contribution in [0.25, 0.3) is 0 Å². The van der Waals surface area contributed by atoms with Crippen molar-refractivity contribution in [3.63, 3.8) is 0 Å². The van der Waals surface area contributed by atoms with Crippen molar-refractivity contribution in [1.82, 2.24) is 0 Å². The minimum absolute atomic E-state index is 0.0213. The Hall–Kier alpha value is -1.46. The fourth-order valence-corrected chi connectivity index (χ4v) is 3.22. The Morgan fingerprint density at radius 2 is 2.10 bits per heavy atom. The predicted molar refractivity (Wildman–Crippen MR) is 87.7 cm³/mol. The first-order chi connectivity index (χ1) is 9.60. The van der Waals surface area contributed by atoms with Crippen LogP contribution in [-0.2, 0) is 5.75 Å². The van der Waals surface area contributed by atoms with Crippen LogP contribution in [0.4, 0.5) is 0 Å². The summed E-state index contributed by atoms with van der Waals surface area (Å²) in [7, 11) is 1.59. The van der Waals surface area contributed by atoms with Gasteiger partial charge in [-0.05, 0) is 35.9 Å². The van der Waals surface area contributed by atoms with Gasteiger partial charge in [0.1, 0.15) is 11.6 Å². The third-order valence-electron chi connectivity index (χ3n) is 2.76. The van der Waals surface area contributed by atoms with E-state index >= 15 is 0 Å². The Labute approximate surface area is 131 Å². The number of nitrogens with two attached hydrogens (primary N) is 1. The number of hydrogen-bond donors (Lipinski definition) is 2. The van der Waals surface area contributed by atoms with Crippen molar-refractivity contribution in [2.75, 3.05) is 7.11 Å². The zero-order chi connectivity index (χ0) is 14.5. The van der Waals surface area contributed by atoms with Crippen LogP contribution in [0.3, 0.4) is 0 Å². The number of hydrogen-bond acceptors (Lipinski definition) is 3. The molecule has 5 heteroatoms. The molecule has 0 saturated carbocycles. The van der Waals surface area contributed by atoms with Crippen molar-refractivity contribution in [3.05, 3.63) is 58.1 Å². The summed E-state index contributed by atoms with van der Waals surface area (Å²) >= 11 is 5.22. The summed E-state index contributed by atoms with van der Waals surface area (Å²) in [6.07, 6.45) is 0. The second-order valence-electron chi connectivity index (χ2n) is 4.19. The van der Waals surface area contributed by atoms with Crippen LogP contribution in [0, 0.1) is 5.41 Å². The van der Waals surface area contributed by atoms with Crippen molar-refractivity contribution in [2.24, 2.45) is 5.73 Å². The van der Waals surface area contributed by atoms with E-state index in [0.717, 1.165) is 15.8 Å². The number of methoxy groups -OCH3 is 1. The van der Waals surface area contributed by atoms with E-state index in [1.54, 1.807) is 18.9 Å². The standard InChI is InChI=1S/C15H15BrN2OS/c1-19-14-7-10(5-6-13(14)15(17)18)9-20-12-4-2-3-11(16)8-12/h2-8H,9H2,1H3,(H3,17,18). The molecule has 0 aliphatic rings. The summed E-state index contributed by atoms with van der Waals surface area (Å²) in [4.78, 5) is 1.20. The van der Waals surface area contributed by atoms with Gasteiger partial charge in [0.2, 0.25) is 0 Å². The smallest absolute Gasteiger partial charge is 0.130 e. The van der Waals surface area contributed by atoms with Crippen LogP contribution in [0.5, 0.6) is 5.75 Å². The summed E-state index contributed by atoms with van der Waals surface area (Å²) < 4.78 is 6.36. The average molecular weight is 351 g/mol. The number of halogens is 1. The van der Waals surface area contributed by atoms with Crippen LogP contribution in [0.1, 0.15) is 11.1 Å². The van der Waals surface area contributed by atoms with E-state index in [-0.39, 0.29) is 5.84 Å². The second-order valence-corrected chi connectivity index (χ2v) is 6.16. The van der Waals surface area contributed by atoms with E-state index in [1.807, 2.05) is 30.3 Å². The van der Waals surface area contributed by atoms with E-state index < -0.39 is 0 Å². The number of thioether (sulfide) groups is 1. The van der Waals surface area contributed by atoms with Crippen molar-refractivity contribution < 1.29 is 4.74 Å². The predicted octanol–water partition coefficient (Wildman–Crippen LogP) is 4.03. The number of nitrogens with one attached hydrogen (secondary N) is 1. The van der Waals surface area contributed by atoms with Gasteiger partial charge in [-0.15, -0.1) is 11.8 Å². The monoisotopic (exact) mass is 350 g/mol. The number of amidine groups is 1. The minimum atomic E-state index is 0.0213. The molecule has 2 aromatic carbocycles. The highest BCUT2D eigenvalue weighted by Gasteiger charge is 2.07. The molecule has 0 bridgehead atoms. The van der Waals surface area contributed by atoms with Crippen molar-refractivity contribution in [1.29, 1.82) is 5.41 Å². The zero-order valence-corrected chi connectivity index (χ0v) is 13.4. The van der Waals surface area contributed by atoms with Gasteiger partial charge in [-0.2, -0.15) is 0 Å². The molecular weight excluding hydrogens is 336 g/mol. The first kappa shape index (κ1) is 14.9. The SMILES string of the molecule is COc1cc(CSc2cccc(Br)c2)ccc1C(=N)N. The van der Waals surface area contributed by atoms with Gasteiger partial charge in [-0.25, -0.2) is 0 Å². The Kier molecular flexibility index (Phi) is 5.09. The zero-order valence-electron chi connectivity index (χ0n) is 11.0. The maximum atomic E-state index is 7.50. The lowest BCUT2D eigenvalue weighted by molar-refractivity contribution is 0.413. The molecule has 0 unspecified atom stereocenters. The molecule has 2 rings (SSSR count). The van der Waals surface area contributed by atoms with E-state index in [0.29, 0.717) is 11.3 Å². The summed E-state index contributed by atoms with van der Waals surface area (Å²) in [5, 5.41) is 7.50. The second kappa shape index (κ2) is 6.81. The van der Waals surface area contributed by atoms with Gasteiger partial charge in [0, 0.05) is 15.1 Å². The van der Waals surface area contributed by atoms with E-state index in [4.69, 9.17) is 15.9 Å². The Bertz CT molecular complexity index is 631. The minimum Gasteiger partial charge on any atom is -0.496 e. The molecule has 104 valence electrons. The molecule has 0 saturated heterocycles. The van der Waals surface area contributed by atoms with Crippen molar-refractivity contribution in [2.45, 2.75) is 10.6 Å². The quantitative estimate of drug-likeness (QED) is 0.486. The maximum Gasteiger partial charge on any atom is 0.130 e. The van der Waals surface area contributed by atoms with Gasteiger partial charge in [0.05, 0.1) is 12.7 Å². The van der Waals surface area contributed by atoms with E-state index in [2.05, 4.69) is 28.1 Å². The average Bonchev–Trinajstić information content (AvgIpc) is 2.44. The molecular formula is C15H15BrN2OS. The van der Waals surface area contributed by atoms with Gasteiger partial charge in [0.15, 0.2) is 0 Å². The van der Waals surface area contributed by atoms with Crippen LogP contribution >= 0.6 is 27.7 Å². The van der Waals surface area contributed by atoms with E-state index in [9.17, 15) is 0 Å². The molecule has 0 aromatic heterocycles. The highest BCUT2D eigenvalue weighted by Crippen LogP contribution is 2.28. The van der Waals surface area contributed by atoms with Crippen molar-refractivity contribution in [3.8, 4) is 5.75 Å². The Morgan fingerprint density at radius 1 is 1.30 bits per heavy atom. The normalized spacial score (nSPS) is 10.3. The fourth-order valence-electron chi connectivity index (χ4n) is 1.77. The molecule has 20 heavy (non-hydrogen) atoms. The van der Waals surface area contributed by atoms with Crippen molar-refractivity contribution >= 4 is 33.5 Å². The van der Waals surface area contributed by atoms with Gasteiger partial charge in [0.25, 0.3) is 0 Å². The number of ether oxygens (including phenoxy) is 1. The third-order valence-corrected chi connectivity index (χ3v) is 4.32. The lowest BCUT2D eigenvalue weighted by atomic mass is 10.1. The maximum absolute atomic E-state index is 7.50. The number of nitrogen functional groups attached to an aromatic ring is 1. The van der Waals surface area contributed by atoms with Gasteiger partial charge in [-0.1, -0.05) is 28.1 Å². The van der Waals surface area contributed by atoms with Gasteiger partial charge in [-0.3, -0.25) is 5.41 Å². The highest BCUT2D eigenvalue weighted by atomic mass is 79.9. The van der Waals surface area contributed by atoms with Crippen LogP contribution in [0.15, 0.2) is 51.8 Å². The molecule has 0 radical (unpaired) electrons. The van der Waals surface area contributed by atoms with Crippen LogP contribution < -0.4 is 10.5 Å². The van der Waals surface area contributed by atoms with E-state index in [1.165, 1.54) is 4.90 Å². The summed E-state index contributed by atoms with van der Waals surface area (Å²) in [5.41, 5.74) is 7.28. The lowest BCUT2D eigenvalue weighted by Gasteiger charge is -2.09. The molecule has 0 amide bonds. The summed E-state index contributed by atoms with van der Waals surface area (Å²) in [6.45, 7) is 0. The summed E-state index contributed by atoms with van der Waals surface area (Å²) in [6, 6.07) is 13.9. The van der Waals surface area contributed by atoms with Crippen LogP contribution in [0.2, 0.25) is 0 Å². The molecule has 3 nitrogen and oxygen atoms in total. The van der Waals surface area contributed by atoms with Crippen LogP contribution in [-0.4, -0.2) is 12.9 Å². The Balaban J connectivity index is 2.12. The number of benzene rings is 2. The molecule has 0 aliphatic carbocycles. The Morgan fingerprint density at radius 3 is 2.75 bits per heavy atom. The van der Waals surface area contributed by atoms with Gasteiger partial charge < -0.3 is 10.5 Å². The molecule has 0 atom stereocenters. The molecule has 0 fully saturated rings. The molecule has 3 N–H and O–H groups in total. The summed E-state index contributed by atoms with van der Waals surface area (Å²) in [5.74, 6) is 1.50. The fraction of sp³-hybridized carbons (Fsp3) is 0.133. The first-order valence-electron chi connectivity index (χ1n) is 6.00.